The first kappa shape index (κ1) is 13.9. The normalized spacial score (nSPS) is 11.0. The summed E-state index contributed by atoms with van der Waals surface area (Å²) in [4.78, 5) is 6.57. The van der Waals surface area contributed by atoms with Gasteiger partial charge in [0, 0.05) is 19.3 Å². The lowest BCUT2D eigenvalue weighted by Crippen LogP contribution is -2.16. The molecule has 0 aliphatic rings. The Hall–Kier alpha value is -2.07. The SMILES string of the molecule is Cc1cc(C)cc(N(C)Cc2ccc3nc(N)sc3c2)c1. The Balaban J connectivity index is 1.86. The Morgan fingerprint density at radius 1 is 1.10 bits per heavy atom. The molecule has 0 amide bonds. The lowest BCUT2D eigenvalue weighted by Gasteiger charge is -2.20. The number of aryl methyl sites for hydroxylation is 2. The van der Waals surface area contributed by atoms with Crippen LogP contribution in [0.1, 0.15) is 16.7 Å². The Kier molecular flexibility index (Phi) is 3.55. The standard InChI is InChI=1S/C17H19N3S/c1-11-6-12(2)8-14(7-11)20(3)10-13-4-5-15-16(9-13)21-17(18)19-15/h4-9H,10H2,1-3H3,(H2,18,19). The average molecular weight is 297 g/mol. The molecule has 3 aromatic rings. The molecule has 2 N–H and O–H groups in total. The van der Waals surface area contributed by atoms with E-state index in [1.807, 2.05) is 6.07 Å². The van der Waals surface area contributed by atoms with Gasteiger partial charge >= 0.3 is 0 Å². The van der Waals surface area contributed by atoms with Crippen LogP contribution in [0, 0.1) is 13.8 Å². The molecule has 0 aliphatic heterocycles. The molecule has 108 valence electrons. The van der Waals surface area contributed by atoms with Gasteiger partial charge in [0.1, 0.15) is 0 Å². The van der Waals surface area contributed by atoms with Crippen molar-refractivity contribution in [2.45, 2.75) is 20.4 Å². The smallest absolute Gasteiger partial charge is 0.181 e. The summed E-state index contributed by atoms with van der Waals surface area (Å²) < 4.78 is 1.15. The lowest BCUT2D eigenvalue weighted by molar-refractivity contribution is 0.922. The van der Waals surface area contributed by atoms with Gasteiger partial charge in [-0.3, -0.25) is 0 Å². The van der Waals surface area contributed by atoms with Gasteiger partial charge in [-0.15, -0.1) is 0 Å². The average Bonchev–Trinajstić information content (AvgIpc) is 2.77. The number of nitrogens with two attached hydrogens (primary N) is 1. The molecule has 0 fully saturated rings. The molecule has 0 saturated heterocycles. The Morgan fingerprint density at radius 2 is 1.81 bits per heavy atom. The molecule has 4 heteroatoms. The highest BCUT2D eigenvalue weighted by atomic mass is 32.1. The van der Waals surface area contributed by atoms with E-state index in [0.717, 1.165) is 16.8 Å². The van der Waals surface area contributed by atoms with E-state index in [4.69, 9.17) is 5.73 Å². The molecule has 0 bridgehead atoms. The molecule has 21 heavy (non-hydrogen) atoms. The van der Waals surface area contributed by atoms with Crippen LogP contribution in [0.4, 0.5) is 10.8 Å². The van der Waals surface area contributed by atoms with Crippen LogP contribution in [-0.4, -0.2) is 12.0 Å². The predicted molar refractivity (Wildman–Crippen MR) is 92.1 cm³/mol. The van der Waals surface area contributed by atoms with E-state index in [0.29, 0.717) is 5.13 Å². The minimum Gasteiger partial charge on any atom is -0.375 e. The molecule has 3 nitrogen and oxygen atoms in total. The number of thiazole rings is 1. The van der Waals surface area contributed by atoms with Crippen molar-refractivity contribution >= 4 is 32.4 Å². The first-order valence-electron chi connectivity index (χ1n) is 6.95. The van der Waals surface area contributed by atoms with E-state index in [9.17, 15) is 0 Å². The molecule has 0 saturated carbocycles. The second-order valence-electron chi connectivity index (χ2n) is 5.56. The van der Waals surface area contributed by atoms with Gasteiger partial charge in [0.25, 0.3) is 0 Å². The quantitative estimate of drug-likeness (QED) is 0.790. The fraction of sp³-hybridized carbons (Fsp3) is 0.235. The second kappa shape index (κ2) is 5.37. The second-order valence-corrected chi connectivity index (χ2v) is 6.62. The van der Waals surface area contributed by atoms with Crippen LogP contribution in [-0.2, 0) is 6.54 Å². The van der Waals surface area contributed by atoms with Gasteiger partial charge < -0.3 is 10.6 Å². The summed E-state index contributed by atoms with van der Waals surface area (Å²) in [6.07, 6.45) is 0. The van der Waals surface area contributed by atoms with Gasteiger partial charge in [-0.2, -0.15) is 0 Å². The van der Waals surface area contributed by atoms with Gasteiger partial charge in [0.05, 0.1) is 10.2 Å². The largest absolute Gasteiger partial charge is 0.375 e. The number of hydrogen-bond acceptors (Lipinski definition) is 4. The van der Waals surface area contributed by atoms with Crippen LogP contribution in [0.15, 0.2) is 36.4 Å². The summed E-state index contributed by atoms with van der Waals surface area (Å²) in [7, 11) is 2.12. The number of nitrogens with zero attached hydrogens (tertiary/aromatic N) is 2. The monoisotopic (exact) mass is 297 g/mol. The van der Waals surface area contributed by atoms with Crippen LogP contribution < -0.4 is 10.6 Å². The van der Waals surface area contributed by atoms with Gasteiger partial charge in [-0.25, -0.2) is 4.98 Å². The van der Waals surface area contributed by atoms with Crippen molar-refractivity contribution < 1.29 is 0 Å². The third kappa shape index (κ3) is 3.00. The summed E-state index contributed by atoms with van der Waals surface area (Å²) in [5.41, 5.74) is 11.9. The highest BCUT2D eigenvalue weighted by molar-refractivity contribution is 7.22. The number of anilines is 2. The van der Waals surface area contributed by atoms with E-state index in [1.165, 1.54) is 22.4 Å². The zero-order chi connectivity index (χ0) is 15.0. The zero-order valence-electron chi connectivity index (χ0n) is 12.6. The molecular weight excluding hydrogens is 278 g/mol. The maximum atomic E-state index is 5.76. The number of fused-ring (bicyclic) bond motifs is 1. The number of rotatable bonds is 3. The molecule has 0 radical (unpaired) electrons. The molecule has 1 heterocycles. The summed E-state index contributed by atoms with van der Waals surface area (Å²) in [5, 5.41) is 0.629. The number of aromatic nitrogens is 1. The number of nitrogen functional groups attached to an aromatic ring is 1. The van der Waals surface area contributed by atoms with Gasteiger partial charge in [-0.05, 0) is 54.8 Å². The van der Waals surface area contributed by atoms with Crippen molar-refractivity contribution in [2.75, 3.05) is 17.7 Å². The molecular formula is C17H19N3S. The highest BCUT2D eigenvalue weighted by Gasteiger charge is 2.06. The fourth-order valence-electron chi connectivity index (χ4n) is 2.62. The van der Waals surface area contributed by atoms with Gasteiger partial charge in [-0.1, -0.05) is 23.5 Å². The molecule has 1 aromatic heterocycles. The third-order valence-electron chi connectivity index (χ3n) is 3.54. The topological polar surface area (TPSA) is 42.2 Å². The fourth-order valence-corrected chi connectivity index (χ4v) is 3.42. The van der Waals surface area contributed by atoms with Crippen LogP contribution in [0.25, 0.3) is 10.2 Å². The minimum absolute atomic E-state index is 0.629. The van der Waals surface area contributed by atoms with Crippen LogP contribution in [0.3, 0.4) is 0 Å². The highest BCUT2D eigenvalue weighted by Crippen LogP contribution is 2.26. The Labute approximate surface area is 129 Å². The lowest BCUT2D eigenvalue weighted by atomic mass is 10.1. The Morgan fingerprint density at radius 3 is 2.52 bits per heavy atom. The molecule has 0 aliphatic carbocycles. The summed E-state index contributed by atoms with van der Waals surface area (Å²) in [6, 6.07) is 13.0. The zero-order valence-corrected chi connectivity index (χ0v) is 13.4. The molecule has 0 spiro atoms. The number of hydrogen-bond donors (Lipinski definition) is 1. The summed E-state index contributed by atoms with van der Waals surface area (Å²) >= 11 is 1.54. The van der Waals surface area contributed by atoms with Crippen molar-refractivity contribution in [1.29, 1.82) is 0 Å². The third-order valence-corrected chi connectivity index (χ3v) is 4.38. The van der Waals surface area contributed by atoms with E-state index in [2.05, 4.69) is 61.1 Å². The summed E-state index contributed by atoms with van der Waals surface area (Å²) in [5.74, 6) is 0. The maximum Gasteiger partial charge on any atom is 0.181 e. The molecule has 3 rings (SSSR count). The first-order chi connectivity index (χ1) is 10.0. The van der Waals surface area contributed by atoms with E-state index in [1.54, 1.807) is 11.3 Å². The molecule has 0 unspecified atom stereocenters. The maximum absolute atomic E-state index is 5.76. The molecule has 0 atom stereocenters. The van der Waals surface area contributed by atoms with Crippen LogP contribution in [0.5, 0.6) is 0 Å². The van der Waals surface area contributed by atoms with Crippen molar-refractivity contribution in [3.05, 3.63) is 53.1 Å². The van der Waals surface area contributed by atoms with E-state index < -0.39 is 0 Å². The number of benzene rings is 2. The minimum atomic E-state index is 0.629. The van der Waals surface area contributed by atoms with Crippen molar-refractivity contribution in [1.82, 2.24) is 4.98 Å². The molecule has 2 aromatic carbocycles. The van der Waals surface area contributed by atoms with Crippen LogP contribution >= 0.6 is 11.3 Å². The van der Waals surface area contributed by atoms with Gasteiger partial charge in [0.15, 0.2) is 5.13 Å². The van der Waals surface area contributed by atoms with Crippen LogP contribution in [0.2, 0.25) is 0 Å². The summed E-state index contributed by atoms with van der Waals surface area (Å²) in [6.45, 7) is 5.14. The van der Waals surface area contributed by atoms with Crippen molar-refractivity contribution in [3.63, 3.8) is 0 Å². The Bertz CT molecular complexity index is 772. The first-order valence-corrected chi connectivity index (χ1v) is 7.77. The van der Waals surface area contributed by atoms with Gasteiger partial charge in [0.2, 0.25) is 0 Å². The van der Waals surface area contributed by atoms with Crippen molar-refractivity contribution in [2.24, 2.45) is 0 Å². The van der Waals surface area contributed by atoms with E-state index in [-0.39, 0.29) is 0 Å². The predicted octanol–water partition coefficient (Wildman–Crippen LogP) is 4.13. The van der Waals surface area contributed by atoms with E-state index >= 15 is 0 Å². The van der Waals surface area contributed by atoms with Crippen molar-refractivity contribution in [3.8, 4) is 0 Å².